The smallest absolute Gasteiger partial charge is 0.230 e. The standard InChI is InChI=1S/C15H20ClNO3S2/c1-2-14(11-4-3-5-12(16)8-11)17-15(18)9-21-13-6-7-22(19,20)10-13/h3-5,8,13-14H,2,6-7,9-10H2,1H3,(H,17,18)/t13-,14-/m0/s1. The van der Waals surface area contributed by atoms with Gasteiger partial charge in [0.25, 0.3) is 0 Å². The van der Waals surface area contributed by atoms with Crippen LogP contribution < -0.4 is 5.32 Å². The molecule has 1 N–H and O–H groups in total. The monoisotopic (exact) mass is 361 g/mol. The second-order valence-electron chi connectivity index (χ2n) is 5.42. The molecule has 1 aliphatic heterocycles. The number of hydrogen-bond donors (Lipinski definition) is 1. The van der Waals surface area contributed by atoms with E-state index in [2.05, 4.69) is 5.32 Å². The molecule has 0 radical (unpaired) electrons. The highest BCUT2D eigenvalue weighted by atomic mass is 35.5. The van der Waals surface area contributed by atoms with Crippen LogP contribution in [0.15, 0.2) is 24.3 Å². The number of carbonyl (C=O) groups is 1. The number of benzene rings is 1. The summed E-state index contributed by atoms with van der Waals surface area (Å²) in [6.45, 7) is 2.00. The molecule has 7 heteroatoms. The van der Waals surface area contributed by atoms with Gasteiger partial charge in [0.1, 0.15) is 0 Å². The largest absolute Gasteiger partial charge is 0.349 e. The minimum absolute atomic E-state index is 0.0435. The van der Waals surface area contributed by atoms with Gasteiger partial charge in [0, 0.05) is 10.3 Å². The zero-order valence-electron chi connectivity index (χ0n) is 12.4. The molecule has 1 aromatic carbocycles. The Kier molecular flexibility index (Phi) is 6.17. The molecule has 0 aromatic heterocycles. The summed E-state index contributed by atoms with van der Waals surface area (Å²) >= 11 is 7.41. The lowest BCUT2D eigenvalue weighted by Gasteiger charge is -2.18. The van der Waals surface area contributed by atoms with Crippen molar-refractivity contribution in [3.8, 4) is 0 Å². The Labute approximate surface area is 140 Å². The van der Waals surface area contributed by atoms with Crippen molar-refractivity contribution in [2.45, 2.75) is 31.1 Å². The quantitative estimate of drug-likeness (QED) is 0.846. The van der Waals surface area contributed by atoms with Gasteiger partial charge in [-0.3, -0.25) is 4.79 Å². The van der Waals surface area contributed by atoms with Gasteiger partial charge < -0.3 is 5.32 Å². The first-order valence-corrected chi connectivity index (χ1v) is 10.5. The summed E-state index contributed by atoms with van der Waals surface area (Å²) in [4.78, 5) is 12.1. The van der Waals surface area contributed by atoms with Crippen molar-refractivity contribution >= 4 is 39.1 Å². The van der Waals surface area contributed by atoms with Crippen molar-refractivity contribution < 1.29 is 13.2 Å². The molecule has 2 atom stereocenters. The summed E-state index contributed by atoms with van der Waals surface area (Å²) < 4.78 is 22.8. The second-order valence-corrected chi connectivity index (χ2v) is 9.37. The predicted octanol–water partition coefficient (Wildman–Crippen LogP) is 2.83. The molecular weight excluding hydrogens is 342 g/mol. The number of sulfone groups is 1. The topological polar surface area (TPSA) is 63.2 Å². The van der Waals surface area contributed by atoms with Crippen LogP contribution in [0.1, 0.15) is 31.4 Å². The molecule has 1 fully saturated rings. The van der Waals surface area contributed by atoms with Crippen LogP contribution in [0.4, 0.5) is 0 Å². The van der Waals surface area contributed by atoms with E-state index in [9.17, 15) is 13.2 Å². The molecule has 4 nitrogen and oxygen atoms in total. The molecular formula is C15H20ClNO3S2. The third-order valence-corrected chi connectivity index (χ3v) is 7.15. The van der Waals surface area contributed by atoms with E-state index in [-0.39, 0.29) is 34.5 Å². The van der Waals surface area contributed by atoms with Gasteiger partial charge in [-0.05, 0) is 30.5 Å². The molecule has 1 aliphatic rings. The number of thioether (sulfide) groups is 1. The maximum absolute atomic E-state index is 12.1. The number of halogens is 1. The molecule has 0 unspecified atom stereocenters. The normalized spacial score (nSPS) is 21.5. The number of hydrogen-bond acceptors (Lipinski definition) is 4. The van der Waals surface area contributed by atoms with E-state index in [0.717, 1.165) is 12.0 Å². The number of amides is 1. The van der Waals surface area contributed by atoms with Crippen LogP contribution in [-0.4, -0.2) is 36.8 Å². The maximum Gasteiger partial charge on any atom is 0.230 e. The van der Waals surface area contributed by atoms with E-state index in [1.54, 1.807) is 6.07 Å². The molecule has 1 aromatic rings. The van der Waals surface area contributed by atoms with Crippen molar-refractivity contribution in [3.63, 3.8) is 0 Å². The predicted molar refractivity (Wildman–Crippen MR) is 92.1 cm³/mol. The Balaban J connectivity index is 1.85. The Bertz CT molecular complexity index is 633. The fraction of sp³-hybridized carbons (Fsp3) is 0.533. The van der Waals surface area contributed by atoms with Gasteiger partial charge in [-0.2, -0.15) is 0 Å². The van der Waals surface area contributed by atoms with E-state index < -0.39 is 9.84 Å². The third-order valence-electron chi connectivity index (χ3n) is 3.64. The zero-order valence-corrected chi connectivity index (χ0v) is 14.8. The molecule has 122 valence electrons. The highest BCUT2D eigenvalue weighted by molar-refractivity contribution is 8.02. The number of rotatable bonds is 6. The summed E-state index contributed by atoms with van der Waals surface area (Å²) in [6, 6.07) is 7.39. The van der Waals surface area contributed by atoms with Crippen LogP contribution >= 0.6 is 23.4 Å². The minimum atomic E-state index is -2.89. The van der Waals surface area contributed by atoms with Gasteiger partial charge in [-0.1, -0.05) is 30.7 Å². The third kappa shape index (κ3) is 5.18. The van der Waals surface area contributed by atoms with Crippen LogP contribution in [0.5, 0.6) is 0 Å². The summed E-state index contributed by atoms with van der Waals surface area (Å²) in [5.74, 6) is 0.654. The molecule has 1 heterocycles. The van der Waals surface area contributed by atoms with Gasteiger partial charge in [0.2, 0.25) is 5.91 Å². The van der Waals surface area contributed by atoms with Crippen molar-refractivity contribution in [1.82, 2.24) is 5.32 Å². The summed E-state index contributed by atoms with van der Waals surface area (Å²) in [5, 5.41) is 3.68. The molecule has 1 amide bonds. The summed E-state index contributed by atoms with van der Waals surface area (Å²) in [7, 11) is -2.89. The second kappa shape index (κ2) is 7.70. The zero-order chi connectivity index (χ0) is 16.2. The first-order chi connectivity index (χ1) is 10.4. The maximum atomic E-state index is 12.1. The first-order valence-electron chi connectivity index (χ1n) is 7.26. The molecule has 0 aliphatic carbocycles. The van der Waals surface area contributed by atoms with Crippen molar-refractivity contribution in [1.29, 1.82) is 0 Å². The Morgan fingerprint density at radius 3 is 2.86 bits per heavy atom. The van der Waals surface area contributed by atoms with Crippen LogP contribution in [0.2, 0.25) is 5.02 Å². The van der Waals surface area contributed by atoms with Crippen LogP contribution in [-0.2, 0) is 14.6 Å². The van der Waals surface area contributed by atoms with E-state index in [0.29, 0.717) is 11.4 Å². The lowest BCUT2D eigenvalue weighted by Crippen LogP contribution is -2.30. The van der Waals surface area contributed by atoms with Crippen molar-refractivity contribution in [2.24, 2.45) is 0 Å². The lowest BCUT2D eigenvalue weighted by molar-refractivity contribution is -0.119. The first kappa shape index (κ1) is 17.6. The Hall–Kier alpha value is -0.720. The van der Waals surface area contributed by atoms with Crippen molar-refractivity contribution in [3.05, 3.63) is 34.9 Å². The van der Waals surface area contributed by atoms with Gasteiger partial charge in [0.15, 0.2) is 9.84 Å². The minimum Gasteiger partial charge on any atom is -0.349 e. The van der Waals surface area contributed by atoms with E-state index in [1.165, 1.54) is 11.8 Å². The van der Waals surface area contributed by atoms with Crippen LogP contribution in [0.25, 0.3) is 0 Å². The van der Waals surface area contributed by atoms with Crippen LogP contribution in [0, 0.1) is 0 Å². The fourth-order valence-electron chi connectivity index (χ4n) is 2.47. The molecule has 0 saturated carbocycles. The summed E-state index contributed by atoms with van der Waals surface area (Å²) in [5.41, 5.74) is 0.983. The highest BCUT2D eigenvalue weighted by Crippen LogP contribution is 2.25. The fourth-order valence-corrected chi connectivity index (χ4v) is 6.12. The average Bonchev–Trinajstić information content (AvgIpc) is 2.82. The molecule has 0 bridgehead atoms. The molecule has 0 spiro atoms. The van der Waals surface area contributed by atoms with Gasteiger partial charge in [0.05, 0.1) is 23.3 Å². The van der Waals surface area contributed by atoms with Gasteiger partial charge >= 0.3 is 0 Å². The Morgan fingerprint density at radius 2 is 2.27 bits per heavy atom. The van der Waals surface area contributed by atoms with Crippen LogP contribution in [0.3, 0.4) is 0 Å². The SMILES string of the molecule is CC[C@H](NC(=O)CS[C@H]1CCS(=O)(=O)C1)c1cccc(Cl)c1. The number of nitrogens with one attached hydrogen (secondary N) is 1. The average molecular weight is 362 g/mol. The van der Waals surface area contributed by atoms with Gasteiger partial charge in [-0.15, -0.1) is 11.8 Å². The Morgan fingerprint density at radius 1 is 1.50 bits per heavy atom. The van der Waals surface area contributed by atoms with E-state index in [1.807, 2.05) is 25.1 Å². The summed E-state index contributed by atoms with van der Waals surface area (Å²) in [6.07, 6.45) is 1.42. The highest BCUT2D eigenvalue weighted by Gasteiger charge is 2.28. The van der Waals surface area contributed by atoms with E-state index >= 15 is 0 Å². The number of carbonyl (C=O) groups excluding carboxylic acids is 1. The van der Waals surface area contributed by atoms with Crippen molar-refractivity contribution in [2.75, 3.05) is 17.3 Å². The molecule has 1 saturated heterocycles. The lowest BCUT2D eigenvalue weighted by atomic mass is 10.0. The molecule has 22 heavy (non-hydrogen) atoms. The van der Waals surface area contributed by atoms with Gasteiger partial charge in [-0.25, -0.2) is 8.42 Å². The van der Waals surface area contributed by atoms with E-state index in [4.69, 9.17) is 11.6 Å². The molecule has 2 rings (SSSR count).